The van der Waals surface area contributed by atoms with Gasteiger partial charge in [-0.15, -0.1) is 0 Å². The van der Waals surface area contributed by atoms with Crippen LogP contribution >= 0.6 is 11.6 Å². The molecule has 4 atom stereocenters. The Morgan fingerprint density at radius 1 is 1.24 bits per heavy atom. The molecule has 0 saturated carbocycles. The number of ether oxygens (including phenoxy) is 2. The lowest BCUT2D eigenvalue weighted by molar-refractivity contribution is -0.0786. The quantitative estimate of drug-likeness (QED) is 0.788. The molecule has 0 aliphatic carbocycles. The molecule has 2 aliphatic heterocycles. The molecule has 1 aromatic carbocycles. The average molecular weight is 257 g/mol. The first-order chi connectivity index (χ1) is 8.16. The fourth-order valence-corrected chi connectivity index (χ4v) is 2.58. The van der Waals surface area contributed by atoms with Crippen LogP contribution in [0.25, 0.3) is 0 Å². The summed E-state index contributed by atoms with van der Waals surface area (Å²) >= 11 is 5.95. The monoisotopic (exact) mass is 256 g/mol. The number of hydrogen-bond acceptors (Lipinski definition) is 4. The second-order valence-corrected chi connectivity index (χ2v) is 4.87. The lowest BCUT2D eigenvalue weighted by Gasteiger charge is -2.21. The van der Waals surface area contributed by atoms with Gasteiger partial charge in [0, 0.05) is 5.02 Å². The SMILES string of the molecule is OC1COC(C2OCc3ccc(Cl)cc32)C1O. The Morgan fingerprint density at radius 2 is 2.06 bits per heavy atom. The van der Waals surface area contributed by atoms with E-state index < -0.39 is 18.3 Å². The number of hydrogen-bond donors (Lipinski definition) is 2. The van der Waals surface area contributed by atoms with Crippen LogP contribution in [0.1, 0.15) is 17.2 Å². The van der Waals surface area contributed by atoms with Crippen molar-refractivity contribution in [1.82, 2.24) is 0 Å². The third-order valence-electron chi connectivity index (χ3n) is 3.32. The Bertz CT molecular complexity index is 437. The number of fused-ring (bicyclic) bond motifs is 1. The molecule has 0 aromatic heterocycles. The lowest BCUT2D eigenvalue weighted by atomic mass is 9.98. The van der Waals surface area contributed by atoms with Crippen LogP contribution < -0.4 is 0 Å². The van der Waals surface area contributed by atoms with E-state index >= 15 is 0 Å². The average Bonchev–Trinajstić information content (AvgIpc) is 2.84. The van der Waals surface area contributed by atoms with Crippen molar-refractivity contribution in [2.45, 2.75) is 31.0 Å². The molecule has 0 spiro atoms. The molecule has 92 valence electrons. The number of rotatable bonds is 1. The van der Waals surface area contributed by atoms with Crippen molar-refractivity contribution < 1.29 is 19.7 Å². The maximum absolute atomic E-state index is 9.82. The van der Waals surface area contributed by atoms with Gasteiger partial charge < -0.3 is 19.7 Å². The van der Waals surface area contributed by atoms with Crippen molar-refractivity contribution in [1.29, 1.82) is 0 Å². The van der Waals surface area contributed by atoms with Gasteiger partial charge in [-0.3, -0.25) is 0 Å². The van der Waals surface area contributed by atoms with Crippen molar-refractivity contribution in [3.05, 3.63) is 34.3 Å². The van der Waals surface area contributed by atoms with E-state index in [4.69, 9.17) is 21.1 Å². The topological polar surface area (TPSA) is 58.9 Å². The highest BCUT2D eigenvalue weighted by atomic mass is 35.5. The molecule has 2 heterocycles. The van der Waals surface area contributed by atoms with Crippen molar-refractivity contribution in [2.24, 2.45) is 0 Å². The zero-order valence-electron chi connectivity index (χ0n) is 9.04. The van der Waals surface area contributed by atoms with Gasteiger partial charge in [-0.2, -0.15) is 0 Å². The summed E-state index contributed by atoms with van der Waals surface area (Å²) in [6.45, 7) is 0.626. The zero-order valence-corrected chi connectivity index (χ0v) is 9.80. The smallest absolute Gasteiger partial charge is 0.116 e. The van der Waals surface area contributed by atoms with E-state index in [1.807, 2.05) is 18.2 Å². The third-order valence-corrected chi connectivity index (χ3v) is 3.56. The van der Waals surface area contributed by atoms with Gasteiger partial charge in [-0.25, -0.2) is 0 Å². The van der Waals surface area contributed by atoms with Crippen molar-refractivity contribution in [3.63, 3.8) is 0 Å². The van der Waals surface area contributed by atoms with Gasteiger partial charge in [0.2, 0.25) is 0 Å². The maximum atomic E-state index is 9.82. The van der Waals surface area contributed by atoms with Gasteiger partial charge in [0.05, 0.1) is 13.2 Å². The summed E-state index contributed by atoms with van der Waals surface area (Å²) < 4.78 is 11.0. The van der Waals surface area contributed by atoms with E-state index in [0.717, 1.165) is 11.1 Å². The molecule has 1 aromatic rings. The Morgan fingerprint density at radius 3 is 2.76 bits per heavy atom. The summed E-state index contributed by atoms with van der Waals surface area (Å²) in [4.78, 5) is 0. The molecule has 5 heteroatoms. The molecule has 3 rings (SSSR count). The molecular formula is C12H13ClO4. The van der Waals surface area contributed by atoms with Crippen molar-refractivity contribution >= 4 is 11.6 Å². The number of benzene rings is 1. The number of aliphatic hydroxyl groups is 2. The molecule has 2 aliphatic rings. The summed E-state index contributed by atoms with van der Waals surface area (Å²) in [5.74, 6) is 0. The largest absolute Gasteiger partial charge is 0.388 e. The Labute approximate surface area is 104 Å². The molecule has 0 radical (unpaired) electrons. The van der Waals surface area contributed by atoms with Gasteiger partial charge in [0.25, 0.3) is 0 Å². The highest BCUT2D eigenvalue weighted by Gasteiger charge is 2.43. The summed E-state index contributed by atoms with van der Waals surface area (Å²) in [6, 6.07) is 5.55. The number of halogens is 1. The third kappa shape index (κ3) is 1.86. The van der Waals surface area contributed by atoms with Crippen LogP contribution in [0, 0.1) is 0 Å². The fraction of sp³-hybridized carbons (Fsp3) is 0.500. The Hall–Kier alpha value is -0.650. The zero-order chi connectivity index (χ0) is 12.0. The molecule has 0 amide bonds. The first-order valence-corrected chi connectivity index (χ1v) is 5.92. The molecule has 1 fully saturated rings. The minimum atomic E-state index is -0.912. The second kappa shape index (κ2) is 4.23. The van der Waals surface area contributed by atoms with Crippen LogP contribution in [0.5, 0.6) is 0 Å². The predicted molar refractivity (Wildman–Crippen MR) is 60.7 cm³/mol. The standard InChI is InChI=1S/C12H13ClO4/c13-7-2-1-6-4-16-11(8(6)3-7)12-10(15)9(14)5-17-12/h1-3,9-12,14-15H,4-5H2. The van der Waals surface area contributed by atoms with Crippen LogP contribution in [-0.2, 0) is 16.1 Å². The first-order valence-electron chi connectivity index (χ1n) is 5.54. The van der Waals surface area contributed by atoms with Gasteiger partial charge >= 0.3 is 0 Å². The first kappa shape index (κ1) is 11.4. The summed E-state index contributed by atoms with van der Waals surface area (Å²) in [5.41, 5.74) is 1.99. The van der Waals surface area contributed by atoms with Crippen LogP contribution in [0.2, 0.25) is 5.02 Å². The summed E-state index contributed by atoms with van der Waals surface area (Å²) in [7, 11) is 0. The Kier molecular flexibility index (Phi) is 2.84. The van der Waals surface area contributed by atoms with Crippen LogP contribution in [0.3, 0.4) is 0 Å². The molecule has 4 nitrogen and oxygen atoms in total. The minimum absolute atomic E-state index is 0.140. The van der Waals surface area contributed by atoms with Crippen LogP contribution in [-0.4, -0.2) is 35.1 Å². The van der Waals surface area contributed by atoms with Crippen molar-refractivity contribution in [2.75, 3.05) is 6.61 Å². The highest BCUT2D eigenvalue weighted by molar-refractivity contribution is 6.30. The van der Waals surface area contributed by atoms with E-state index in [2.05, 4.69) is 0 Å². The lowest BCUT2D eigenvalue weighted by Crippen LogP contribution is -2.34. The number of aliphatic hydroxyl groups excluding tert-OH is 2. The highest BCUT2D eigenvalue weighted by Crippen LogP contribution is 2.39. The van der Waals surface area contributed by atoms with Gasteiger partial charge in [0.1, 0.15) is 24.4 Å². The van der Waals surface area contributed by atoms with E-state index in [9.17, 15) is 10.2 Å². The molecule has 0 bridgehead atoms. The van der Waals surface area contributed by atoms with E-state index in [1.54, 1.807) is 0 Å². The normalized spacial score (nSPS) is 36.2. The molecule has 2 N–H and O–H groups in total. The van der Waals surface area contributed by atoms with Gasteiger partial charge in [-0.05, 0) is 23.3 Å². The maximum Gasteiger partial charge on any atom is 0.116 e. The van der Waals surface area contributed by atoms with Gasteiger partial charge in [0.15, 0.2) is 0 Å². The van der Waals surface area contributed by atoms with Gasteiger partial charge in [-0.1, -0.05) is 17.7 Å². The van der Waals surface area contributed by atoms with Crippen LogP contribution in [0.4, 0.5) is 0 Å². The Balaban J connectivity index is 1.91. The summed E-state index contributed by atoms with van der Waals surface area (Å²) in [5, 5.41) is 19.9. The molecular weight excluding hydrogens is 244 g/mol. The second-order valence-electron chi connectivity index (χ2n) is 4.43. The van der Waals surface area contributed by atoms with E-state index in [-0.39, 0.29) is 12.7 Å². The molecule has 4 unspecified atom stereocenters. The van der Waals surface area contributed by atoms with Crippen LogP contribution in [0.15, 0.2) is 18.2 Å². The minimum Gasteiger partial charge on any atom is -0.388 e. The predicted octanol–water partition coefficient (Wildman–Crippen LogP) is 1.03. The summed E-state index contributed by atoms with van der Waals surface area (Å²) in [6.07, 6.45) is -2.63. The molecule has 17 heavy (non-hydrogen) atoms. The fourth-order valence-electron chi connectivity index (χ4n) is 2.40. The molecule has 1 saturated heterocycles. The van der Waals surface area contributed by atoms with E-state index in [1.165, 1.54) is 0 Å². The van der Waals surface area contributed by atoms with E-state index in [0.29, 0.717) is 11.6 Å². The van der Waals surface area contributed by atoms with Crippen molar-refractivity contribution in [3.8, 4) is 0 Å².